The van der Waals surface area contributed by atoms with Crippen molar-refractivity contribution in [2.24, 2.45) is 0 Å². The first-order chi connectivity index (χ1) is 14.3. The Morgan fingerprint density at radius 3 is 2.10 bits per heavy atom. The predicted octanol–water partition coefficient (Wildman–Crippen LogP) is 4.84. The van der Waals surface area contributed by atoms with Crippen molar-refractivity contribution < 1.29 is 9.53 Å². The van der Waals surface area contributed by atoms with Crippen molar-refractivity contribution in [1.82, 2.24) is 9.80 Å². The number of amides is 1. The van der Waals surface area contributed by atoms with Crippen LogP contribution >= 0.6 is 0 Å². The lowest BCUT2D eigenvalue weighted by Gasteiger charge is -2.44. The standard InChI is InChI=1S/C26H36N2O2/c1-20-6-8-22(9-7-20)19-28(23-14-16-27(17-15-23)26(2,3)4)25(29)18-21-10-12-24(30-5)13-11-21/h6-13,23H,14-19H2,1-5H3. The summed E-state index contributed by atoms with van der Waals surface area (Å²) < 4.78 is 5.24. The molecule has 1 aliphatic rings. The van der Waals surface area contributed by atoms with Crippen LogP contribution in [0.5, 0.6) is 5.75 Å². The van der Waals surface area contributed by atoms with Gasteiger partial charge in [0, 0.05) is 31.2 Å². The summed E-state index contributed by atoms with van der Waals surface area (Å²) in [7, 11) is 1.66. The molecule has 2 aromatic carbocycles. The zero-order chi connectivity index (χ0) is 21.7. The van der Waals surface area contributed by atoms with Gasteiger partial charge in [-0.1, -0.05) is 42.0 Å². The molecule has 1 fully saturated rings. The lowest BCUT2D eigenvalue weighted by Crippen LogP contribution is -2.52. The second kappa shape index (κ2) is 9.65. The number of likely N-dealkylation sites (tertiary alicyclic amines) is 1. The van der Waals surface area contributed by atoms with Crippen molar-refractivity contribution in [2.75, 3.05) is 20.2 Å². The van der Waals surface area contributed by atoms with E-state index in [4.69, 9.17) is 4.74 Å². The first kappa shape index (κ1) is 22.4. The zero-order valence-corrected chi connectivity index (χ0v) is 19.1. The van der Waals surface area contributed by atoms with E-state index in [1.807, 2.05) is 24.3 Å². The van der Waals surface area contributed by atoms with Crippen LogP contribution in [0.2, 0.25) is 0 Å². The summed E-state index contributed by atoms with van der Waals surface area (Å²) in [5, 5.41) is 0. The fourth-order valence-electron chi connectivity index (χ4n) is 4.18. The van der Waals surface area contributed by atoms with E-state index in [0.29, 0.717) is 13.0 Å². The van der Waals surface area contributed by atoms with Crippen LogP contribution in [0.1, 0.15) is 50.3 Å². The molecule has 162 valence electrons. The van der Waals surface area contributed by atoms with Gasteiger partial charge in [-0.2, -0.15) is 0 Å². The van der Waals surface area contributed by atoms with Gasteiger partial charge in [-0.15, -0.1) is 0 Å². The fourth-order valence-corrected chi connectivity index (χ4v) is 4.18. The number of rotatable bonds is 6. The largest absolute Gasteiger partial charge is 0.497 e. The minimum atomic E-state index is 0.180. The van der Waals surface area contributed by atoms with Crippen LogP contribution in [0.25, 0.3) is 0 Å². The highest BCUT2D eigenvalue weighted by atomic mass is 16.5. The second-order valence-corrected chi connectivity index (χ2v) is 9.42. The molecular weight excluding hydrogens is 372 g/mol. The van der Waals surface area contributed by atoms with E-state index < -0.39 is 0 Å². The highest BCUT2D eigenvalue weighted by Crippen LogP contribution is 2.25. The molecule has 0 unspecified atom stereocenters. The Morgan fingerprint density at radius 1 is 1.00 bits per heavy atom. The molecule has 30 heavy (non-hydrogen) atoms. The van der Waals surface area contributed by atoms with Crippen LogP contribution in [0.15, 0.2) is 48.5 Å². The van der Waals surface area contributed by atoms with Gasteiger partial charge < -0.3 is 9.64 Å². The number of hydrogen-bond acceptors (Lipinski definition) is 3. The smallest absolute Gasteiger partial charge is 0.227 e. The van der Waals surface area contributed by atoms with Crippen molar-refractivity contribution in [3.63, 3.8) is 0 Å². The van der Waals surface area contributed by atoms with Crippen molar-refractivity contribution in [1.29, 1.82) is 0 Å². The SMILES string of the molecule is COc1ccc(CC(=O)N(Cc2ccc(C)cc2)C2CCN(C(C)(C)C)CC2)cc1. The molecule has 4 nitrogen and oxygen atoms in total. The maximum Gasteiger partial charge on any atom is 0.227 e. The first-order valence-electron chi connectivity index (χ1n) is 11.0. The maximum absolute atomic E-state index is 13.4. The molecule has 1 saturated heterocycles. The molecule has 1 heterocycles. The average molecular weight is 409 g/mol. The molecule has 4 heteroatoms. The topological polar surface area (TPSA) is 32.8 Å². The summed E-state index contributed by atoms with van der Waals surface area (Å²) in [6, 6.07) is 16.7. The van der Waals surface area contributed by atoms with E-state index in [1.165, 1.54) is 11.1 Å². The molecule has 0 saturated carbocycles. The van der Waals surface area contributed by atoms with Crippen LogP contribution in [0, 0.1) is 6.92 Å². The van der Waals surface area contributed by atoms with E-state index in [-0.39, 0.29) is 17.5 Å². The Labute approximate surface area is 181 Å². The van der Waals surface area contributed by atoms with E-state index in [9.17, 15) is 4.79 Å². The van der Waals surface area contributed by atoms with Gasteiger partial charge in [-0.3, -0.25) is 9.69 Å². The summed E-state index contributed by atoms with van der Waals surface area (Å²) in [4.78, 5) is 18.0. The van der Waals surface area contributed by atoms with Gasteiger partial charge in [0.2, 0.25) is 5.91 Å². The van der Waals surface area contributed by atoms with Gasteiger partial charge in [0.1, 0.15) is 5.75 Å². The highest BCUT2D eigenvalue weighted by molar-refractivity contribution is 5.79. The molecule has 1 amide bonds. The quantitative estimate of drug-likeness (QED) is 0.686. The van der Waals surface area contributed by atoms with Crippen LogP contribution in [0.4, 0.5) is 0 Å². The first-order valence-corrected chi connectivity index (χ1v) is 11.0. The highest BCUT2D eigenvalue weighted by Gasteiger charge is 2.31. The van der Waals surface area contributed by atoms with Crippen LogP contribution < -0.4 is 4.74 Å². The van der Waals surface area contributed by atoms with E-state index in [1.54, 1.807) is 7.11 Å². The van der Waals surface area contributed by atoms with Crippen LogP contribution in [-0.4, -0.2) is 47.5 Å². The Morgan fingerprint density at radius 2 is 1.57 bits per heavy atom. The average Bonchev–Trinajstić information content (AvgIpc) is 2.73. The van der Waals surface area contributed by atoms with Gasteiger partial charge in [0.05, 0.1) is 13.5 Å². The molecule has 0 spiro atoms. The van der Waals surface area contributed by atoms with Gasteiger partial charge in [0.25, 0.3) is 0 Å². The summed E-state index contributed by atoms with van der Waals surface area (Å²) in [5.41, 5.74) is 3.65. The van der Waals surface area contributed by atoms with E-state index in [2.05, 4.69) is 61.8 Å². The molecule has 0 aromatic heterocycles. The monoisotopic (exact) mass is 408 g/mol. The summed E-state index contributed by atoms with van der Waals surface area (Å²) >= 11 is 0. The molecule has 0 aliphatic carbocycles. The minimum absolute atomic E-state index is 0.180. The van der Waals surface area contributed by atoms with E-state index >= 15 is 0 Å². The van der Waals surface area contributed by atoms with Crippen LogP contribution in [0.3, 0.4) is 0 Å². The Kier molecular flexibility index (Phi) is 7.19. The Hall–Kier alpha value is -2.33. The molecule has 3 rings (SSSR count). The number of aryl methyl sites for hydroxylation is 1. The van der Waals surface area contributed by atoms with Gasteiger partial charge in [0.15, 0.2) is 0 Å². The molecule has 0 N–H and O–H groups in total. The predicted molar refractivity (Wildman–Crippen MR) is 123 cm³/mol. The fraction of sp³-hybridized carbons (Fsp3) is 0.500. The number of carbonyl (C=O) groups excluding carboxylic acids is 1. The molecule has 2 aromatic rings. The lowest BCUT2D eigenvalue weighted by atomic mass is 9.96. The normalized spacial score (nSPS) is 15.8. The number of methoxy groups -OCH3 is 1. The molecule has 0 atom stereocenters. The number of hydrogen-bond donors (Lipinski definition) is 0. The van der Waals surface area contributed by atoms with Crippen molar-refractivity contribution in [3.8, 4) is 5.75 Å². The van der Waals surface area contributed by atoms with Crippen molar-refractivity contribution in [2.45, 2.75) is 65.1 Å². The zero-order valence-electron chi connectivity index (χ0n) is 19.1. The third-order valence-corrected chi connectivity index (χ3v) is 6.16. The van der Waals surface area contributed by atoms with Gasteiger partial charge >= 0.3 is 0 Å². The molecule has 1 aliphatic heterocycles. The van der Waals surface area contributed by atoms with Crippen molar-refractivity contribution >= 4 is 5.91 Å². The minimum Gasteiger partial charge on any atom is -0.497 e. The Balaban J connectivity index is 1.74. The number of nitrogens with zero attached hydrogens (tertiary/aromatic N) is 2. The van der Waals surface area contributed by atoms with Crippen LogP contribution in [-0.2, 0) is 17.8 Å². The lowest BCUT2D eigenvalue weighted by molar-refractivity contribution is -0.134. The third kappa shape index (κ3) is 5.85. The Bertz CT molecular complexity index is 814. The summed E-state index contributed by atoms with van der Waals surface area (Å²) in [6.45, 7) is 11.7. The summed E-state index contributed by atoms with van der Waals surface area (Å²) in [5.74, 6) is 1.02. The second-order valence-electron chi connectivity index (χ2n) is 9.42. The number of piperidine rings is 1. The van der Waals surface area contributed by atoms with Crippen molar-refractivity contribution in [3.05, 3.63) is 65.2 Å². The number of ether oxygens (including phenoxy) is 1. The number of carbonyl (C=O) groups is 1. The molecule has 0 bridgehead atoms. The van der Waals surface area contributed by atoms with E-state index in [0.717, 1.165) is 37.2 Å². The van der Waals surface area contributed by atoms with Gasteiger partial charge in [-0.05, 0) is 63.8 Å². The molecular formula is C26H36N2O2. The van der Waals surface area contributed by atoms with Gasteiger partial charge in [-0.25, -0.2) is 0 Å². The molecule has 0 radical (unpaired) electrons. The third-order valence-electron chi connectivity index (χ3n) is 6.16. The number of benzene rings is 2. The maximum atomic E-state index is 13.4. The summed E-state index contributed by atoms with van der Waals surface area (Å²) in [6.07, 6.45) is 2.48.